The normalized spacial score (nSPS) is 16.9. The van der Waals surface area contributed by atoms with Gasteiger partial charge in [0.05, 0.1) is 40.6 Å². The molecule has 2 aromatic rings. The third-order valence-electron chi connectivity index (χ3n) is 5.48. The van der Waals surface area contributed by atoms with E-state index in [1.54, 1.807) is 32.2 Å². The number of unbranched alkanes of at least 4 members (excludes halogenated alkanes) is 1. The number of nitrogens with zero attached hydrogens (tertiary/aromatic N) is 1. The van der Waals surface area contributed by atoms with Crippen molar-refractivity contribution in [3.8, 4) is 5.75 Å². The predicted molar refractivity (Wildman–Crippen MR) is 117 cm³/mol. The first kappa shape index (κ1) is 23.2. The molecule has 31 heavy (non-hydrogen) atoms. The number of carboxylic acid groups (broad SMARTS) is 1. The summed E-state index contributed by atoms with van der Waals surface area (Å²) in [4.78, 5) is 16.0. The van der Waals surface area contributed by atoms with Gasteiger partial charge in [0, 0.05) is 6.54 Å². The first-order valence-corrected chi connectivity index (χ1v) is 12.0. The molecule has 168 valence electrons. The number of sulfone groups is 1. The van der Waals surface area contributed by atoms with Crippen LogP contribution in [0.1, 0.15) is 50.4 Å². The zero-order valence-electron chi connectivity index (χ0n) is 17.8. The lowest BCUT2D eigenvalue weighted by Crippen LogP contribution is -2.28. The Balaban J connectivity index is 1.48. The Bertz CT molecular complexity index is 1000. The highest BCUT2D eigenvalue weighted by atomic mass is 32.2. The molecular weight excluding hydrogens is 418 g/mol. The van der Waals surface area contributed by atoms with E-state index in [9.17, 15) is 18.3 Å². The second-order valence-corrected chi connectivity index (χ2v) is 10.3. The Hall–Kier alpha value is -2.49. The van der Waals surface area contributed by atoms with Crippen LogP contribution in [0, 0.1) is 0 Å². The molecule has 0 aliphatic carbocycles. The highest BCUT2D eigenvalue weighted by Gasteiger charge is 2.30. The van der Waals surface area contributed by atoms with Crippen LogP contribution in [0.2, 0.25) is 0 Å². The number of pyridine rings is 1. The van der Waals surface area contributed by atoms with Gasteiger partial charge in [0.25, 0.3) is 0 Å². The SMILES string of the molecule is CC(C)(C(=O)O)c1cccc(S(=O)(=O)CCCCOc2ccc(C3CCNN3)nc2)c1. The molecule has 0 amide bonds. The van der Waals surface area contributed by atoms with E-state index >= 15 is 0 Å². The van der Waals surface area contributed by atoms with Crippen LogP contribution in [-0.4, -0.2) is 43.4 Å². The number of ether oxygens (including phenoxy) is 1. The smallest absolute Gasteiger partial charge is 0.313 e. The lowest BCUT2D eigenvalue weighted by atomic mass is 9.85. The van der Waals surface area contributed by atoms with Crippen molar-refractivity contribution in [1.29, 1.82) is 0 Å². The van der Waals surface area contributed by atoms with Gasteiger partial charge in [0.1, 0.15) is 5.75 Å². The van der Waals surface area contributed by atoms with Gasteiger partial charge in [-0.15, -0.1) is 0 Å². The topological polar surface area (TPSA) is 118 Å². The van der Waals surface area contributed by atoms with E-state index < -0.39 is 21.2 Å². The van der Waals surface area contributed by atoms with E-state index in [2.05, 4.69) is 15.8 Å². The Morgan fingerprint density at radius 2 is 2.06 bits per heavy atom. The first-order valence-electron chi connectivity index (χ1n) is 10.3. The summed E-state index contributed by atoms with van der Waals surface area (Å²) in [6.45, 7) is 4.42. The second-order valence-electron chi connectivity index (χ2n) is 8.16. The number of nitrogens with one attached hydrogen (secondary N) is 2. The molecule has 3 N–H and O–H groups in total. The van der Waals surface area contributed by atoms with Gasteiger partial charge in [-0.1, -0.05) is 12.1 Å². The number of aliphatic carboxylic acids is 1. The predicted octanol–water partition coefficient (Wildman–Crippen LogP) is 2.62. The molecule has 3 rings (SSSR count). The Morgan fingerprint density at radius 3 is 2.71 bits per heavy atom. The van der Waals surface area contributed by atoms with Gasteiger partial charge in [0.15, 0.2) is 9.84 Å². The summed E-state index contributed by atoms with van der Waals surface area (Å²) in [5, 5.41) is 9.38. The summed E-state index contributed by atoms with van der Waals surface area (Å²) in [5.74, 6) is -0.371. The van der Waals surface area contributed by atoms with Crippen molar-refractivity contribution in [2.45, 2.75) is 49.5 Å². The molecule has 1 saturated heterocycles. The molecule has 1 aromatic carbocycles. The maximum atomic E-state index is 12.7. The third kappa shape index (κ3) is 5.81. The van der Waals surface area contributed by atoms with Crippen LogP contribution < -0.4 is 15.6 Å². The fourth-order valence-corrected chi connectivity index (χ4v) is 4.71. The van der Waals surface area contributed by atoms with Crippen molar-refractivity contribution in [3.05, 3.63) is 53.9 Å². The van der Waals surface area contributed by atoms with Crippen molar-refractivity contribution in [2.75, 3.05) is 18.9 Å². The average molecular weight is 448 g/mol. The maximum Gasteiger partial charge on any atom is 0.313 e. The zero-order chi connectivity index (χ0) is 22.5. The highest BCUT2D eigenvalue weighted by molar-refractivity contribution is 7.91. The number of hydrogen-bond acceptors (Lipinski definition) is 7. The van der Waals surface area contributed by atoms with Crippen LogP contribution in [0.25, 0.3) is 0 Å². The van der Waals surface area contributed by atoms with Crippen LogP contribution in [0.4, 0.5) is 0 Å². The van der Waals surface area contributed by atoms with E-state index in [1.165, 1.54) is 12.1 Å². The number of carbonyl (C=O) groups is 1. The molecule has 0 radical (unpaired) electrons. The number of rotatable bonds is 10. The van der Waals surface area contributed by atoms with E-state index in [0.717, 1.165) is 18.7 Å². The van der Waals surface area contributed by atoms with Crippen molar-refractivity contribution in [2.24, 2.45) is 0 Å². The first-order chi connectivity index (χ1) is 14.7. The maximum absolute atomic E-state index is 12.7. The summed E-state index contributed by atoms with van der Waals surface area (Å²) in [7, 11) is -3.50. The molecule has 8 nitrogen and oxygen atoms in total. The molecule has 1 aromatic heterocycles. The van der Waals surface area contributed by atoms with Gasteiger partial charge in [-0.2, -0.15) is 0 Å². The summed E-state index contributed by atoms with van der Waals surface area (Å²) < 4.78 is 31.0. The Labute approximate surface area is 182 Å². The van der Waals surface area contributed by atoms with Crippen molar-refractivity contribution < 1.29 is 23.1 Å². The number of hydrazine groups is 1. The minimum absolute atomic E-state index is 0.0230. The summed E-state index contributed by atoms with van der Waals surface area (Å²) in [6, 6.07) is 10.2. The molecule has 1 aliphatic rings. The lowest BCUT2D eigenvalue weighted by Gasteiger charge is -2.20. The molecule has 1 unspecified atom stereocenters. The van der Waals surface area contributed by atoms with E-state index in [0.29, 0.717) is 30.8 Å². The summed E-state index contributed by atoms with van der Waals surface area (Å²) in [6.07, 6.45) is 3.69. The van der Waals surface area contributed by atoms with E-state index in [1.807, 2.05) is 12.1 Å². The quantitative estimate of drug-likeness (QED) is 0.476. The Kier molecular flexibility index (Phi) is 7.30. The van der Waals surface area contributed by atoms with E-state index in [4.69, 9.17) is 4.74 Å². The van der Waals surface area contributed by atoms with Gasteiger partial charge in [-0.3, -0.25) is 15.2 Å². The van der Waals surface area contributed by atoms with Gasteiger partial charge in [0.2, 0.25) is 0 Å². The van der Waals surface area contributed by atoms with Crippen molar-refractivity contribution in [3.63, 3.8) is 0 Å². The molecule has 1 fully saturated rings. The summed E-state index contributed by atoms with van der Waals surface area (Å²) in [5.41, 5.74) is 6.49. The Morgan fingerprint density at radius 1 is 1.26 bits per heavy atom. The molecule has 9 heteroatoms. The fourth-order valence-electron chi connectivity index (χ4n) is 3.29. The van der Waals surface area contributed by atoms with Crippen molar-refractivity contribution >= 4 is 15.8 Å². The number of aromatic nitrogens is 1. The summed E-state index contributed by atoms with van der Waals surface area (Å²) >= 11 is 0. The van der Waals surface area contributed by atoms with Crippen LogP contribution in [0.3, 0.4) is 0 Å². The van der Waals surface area contributed by atoms with Crippen LogP contribution >= 0.6 is 0 Å². The minimum Gasteiger partial charge on any atom is -0.492 e. The van der Waals surface area contributed by atoms with Gasteiger partial charge in [-0.25, -0.2) is 13.8 Å². The second kappa shape index (κ2) is 9.76. The van der Waals surface area contributed by atoms with Crippen molar-refractivity contribution in [1.82, 2.24) is 15.8 Å². The van der Waals surface area contributed by atoms with Crippen LogP contribution in [-0.2, 0) is 20.0 Å². The van der Waals surface area contributed by atoms with Crippen LogP contribution in [0.15, 0.2) is 47.5 Å². The lowest BCUT2D eigenvalue weighted by molar-refractivity contribution is -0.142. The molecule has 0 spiro atoms. The molecule has 1 aliphatic heterocycles. The largest absolute Gasteiger partial charge is 0.492 e. The van der Waals surface area contributed by atoms with Gasteiger partial charge < -0.3 is 9.84 Å². The molecule has 0 saturated carbocycles. The number of benzene rings is 1. The molecule has 0 bridgehead atoms. The molecule has 2 heterocycles. The monoisotopic (exact) mass is 447 g/mol. The number of carboxylic acids is 1. The standard InChI is InChI=1S/C22H29N3O5S/c1-22(2,21(26)27)16-6-5-7-18(14-16)31(28,29)13-4-3-12-30-17-8-9-19(23-15-17)20-10-11-24-25-20/h5-9,14-15,20,24-25H,3-4,10-13H2,1-2H3,(H,26,27). The fraction of sp³-hybridized carbons (Fsp3) is 0.455. The van der Waals surface area contributed by atoms with E-state index in [-0.39, 0.29) is 16.7 Å². The van der Waals surface area contributed by atoms with Crippen LogP contribution in [0.5, 0.6) is 5.75 Å². The zero-order valence-corrected chi connectivity index (χ0v) is 18.6. The minimum atomic E-state index is -3.50. The number of hydrogen-bond donors (Lipinski definition) is 3. The van der Waals surface area contributed by atoms with Gasteiger partial charge >= 0.3 is 5.97 Å². The molecular formula is C22H29N3O5S. The highest BCUT2D eigenvalue weighted by Crippen LogP contribution is 2.26. The average Bonchev–Trinajstić information content (AvgIpc) is 3.29. The van der Waals surface area contributed by atoms with Gasteiger partial charge in [-0.05, 0) is 62.9 Å². The molecule has 1 atom stereocenters. The third-order valence-corrected chi connectivity index (χ3v) is 7.27.